The minimum atomic E-state index is -0.339. The van der Waals surface area contributed by atoms with Gasteiger partial charge in [-0.2, -0.15) is 5.10 Å². The van der Waals surface area contributed by atoms with Gasteiger partial charge in [0.15, 0.2) is 11.0 Å². The molecule has 1 aromatic heterocycles. The zero-order valence-electron chi connectivity index (χ0n) is 17.7. The van der Waals surface area contributed by atoms with Gasteiger partial charge in [-0.3, -0.25) is 9.36 Å². The number of rotatable bonds is 7. The van der Waals surface area contributed by atoms with Crippen LogP contribution in [0.3, 0.4) is 0 Å². The lowest BCUT2D eigenvalue weighted by Gasteiger charge is -2.10. The summed E-state index contributed by atoms with van der Waals surface area (Å²) in [5.74, 6) is 0.219. The summed E-state index contributed by atoms with van der Waals surface area (Å²) >= 11 is 1.24. The fourth-order valence-electron chi connectivity index (χ4n) is 3.04. The number of hydrogen-bond donors (Lipinski definition) is 3. The van der Waals surface area contributed by atoms with Gasteiger partial charge in [-0.05, 0) is 31.2 Å². The molecular weight excluding hydrogens is 438 g/mol. The number of hydrogen-bond acceptors (Lipinski definition) is 7. The largest absolute Gasteiger partial charge is 0.508 e. The van der Waals surface area contributed by atoms with Gasteiger partial charge in [0.25, 0.3) is 5.91 Å². The maximum atomic E-state index is 12.3. The minimum absolute atomic E-state index is 0.0578. The number of nitrogens with one attached hydrogen (secondary N) is 1. The molecule has 4 rings (SSSR count). The molecule has 3 aromatic carbocycles. The van der Waals surface area contributed by atoms with Crippen molar-refractivity contribution in [2.45, 2.75) is 12.1 Å². The van der Waals surface area contributed by atoms with E-state index in [1.54, 1.807) is 0 Å². The van der Waals surface area contributed by atoms with Crippen LogP contribution in [0.5, 0.6) is 11.5 Å². The number of nitrogens with zero attached hydrogens (tertiary/aromatic N) is 4. The van der Waals surface area contributed by atoms with Crippen molar-refractivity contribution >= 4 is 23.9 Å². The van der Waals surface area contributed by atoms with Crippen LogP contribution >= 0.6 is 11.8 Å². The zero-order chi connectivity index (χ0) is 23.2. The Labute approximate surface area is 194 Å². The monoisotopic (exact) mass is 459 g/mol. The van der Waals surface area contributed by atoms with Crippen molar-refractivity contribution in [2.24, 2.45) is 5.10 Å². The van der Waals surface area contributed by atoms with Gasteiger partial charge in [0.1, 0.15) is 11.5 Å². The number of benzene rings is 3. The highest BCUT2D eigenvalue weighted by atomic mass is 32.2. The fourth-order valence-corrected chi connectivity index (χ4v) is 3.78. The molecule has 0 radical (unpaired) electrons. The molecule has 0 atom stereocenters. The van der Waals surface area contributed by atoms with E-state index in [2.05, 4.69) is 20.7 Å². The molecule has 1 amide bonds. The Morgan fingerprint density at radius 2 is 1.82 bits per heavy atom. The van der Waals surface area contributed by atoms with Gasteiger partial charge in [0, 0.05) is 22.9 Å². The standard InChI is InChI=1S/C24H21N5O3S/c1-16-7-9-17(10-8-16)23-27-28-24(29(23)19-5-3-2-4-6-19)33-15-22(32)26-25-14-18-11-12-20(30)13-21(18)31/h2-14,30-31H,15H2,1H3,(H,26,32). The third kappa shape index (κ3) is 5.39. The van der Waals surface area contributed by atoms with Crippen molar-refractivity contribution in [1.82, 2.24) is 20.2 Å². The summed E-state index contributed by atoms with van der Waals surface area (Å²) in [5, 5.41) is 32.2. The third-order valence-corrected chi connectivity index (χ3v) is 5.63. The van der Waals surface area contributed by atoms with Gasteiger partial charge in [-0.15, -0.1) is 10.2 Å². The zero-order valence-corrected chi connectivity index (χ0v) is 18.5. The van der Waals surface area contributed by atoms with Crippen molar-refractivity contribution in [3.63, 3.8) is 0 Å². The summed E-state index contributed by atoms with van der Waals surface area (Å²) < 4.78 is 1.92. The minimum Gasteiger partial charge on any atom is -0.508 e. The van der Waals surface area contributed by atoms with Crippen LogP contribution in [-0.2, 0) is 4.79 Å². The molecule has 0 fully saturated rings. The van der Waals surface area contributed by atoms with E-state index >= 15 is 0 Å². The Kier molecular flexibility index (Phi) is 6.70. The van der Waals surface area contributed by atoms with Crippen LogP contribution in [0.4, 0.5) is 0 Å². The van der Waals surface area contributed by atoms with E-state index in [9.17, 15) is 15.0 Å². The van der Waals surface area contributed by atoms with Crippen LogP contribution in [0.25, 0.3) is 17.1 Å². The molecular formula is C24H21N5O3S. The first-order chi connectivity index (χ1) is 16.0. The molecule has 33 heavy (non-hydrogen) atoms. The summed E-state index contributed by atoms with van der Waals surface area (Å²) in [4.78, 5) is 12.3. The summed E-state index contributed by atoms with van der Waals surface area (Å²) in [6.45, 7) is 2.02. The molecule has 0 aliphatic rings. The van der Waals surface area contributed by atoms with Crippen LogP contribution in [0.1, 0.15) is 11.1 Å². The predicted molar refractivity (Wildman–Crippen MR) is 128 cm³/mol. The average Bonchev–Trinajstić information content (AvgIpc) is 3.24. The van der Waals surface area contributed by atoms with E-state index in [4.69, 9.17) is 0 Å². The molecule has 9 heteroatoms. The Morgan fingerprint density at radius 1 is 1.06 bits per heavy atom. The lowest BCUT2D eigenvalue weighted by atomic mass is 10.1. The van der Waals surface area contributed by atoms with E-state index < -0.39 is 0 Å². The number of aryl methyl sites for hydroxylation is 1. The fraction of sp³-hybridized carbons (Fsp3) is 0.0833. The second-order valence-corrected chi connectivity index (χ2v) is 8.11. The summed E-state index contributed by atoms with van der Waals surface area (Å²) in [6.07, 6.45) is 1.30. The molecule has 0 aliphatic carbocycles. The van der Waals surface area contributed by atoms with Crippen molar-refractivity contribution in [2.75, 3.05) is 5.75 Å². The molecule has 166 valence electrons. The highest BCUT2D eigenvalue weighted by Crippen LogP contribution is 2.28. The summed E-state index contributed by atoms with van der Waals surface area (Å²) in [7, 11) is 0. The lowest BCUT2D eigenvalue weighted by molar-refractivity contribution is -0.118. The second kappa shape index (κ2) is 10.0. The summed E-state index contributed by atoms with van der Waals surface area (Å²) in [6, 6.07) is 21.8. The predicted octanol–water partition coefficient (Wildman–Crippen LogP) is 3.90. The highest BCUT2D eigenvalue weighted by Gasteiger charge is 2.17. The van der Waals surface area contributed by atoms with Gasteiger partial charge >= 0.3 is 0 Å². The van der Waals surface area contributed by atoms with Crippen LogP contribution in [0.2, 0.25) is 0 Å². The molecule has 0 bridgehead atoms. The van der Waals surface area contributed by atoms with Gasteiger partial charge in [-0.25, -0.2) is 5.43 Å². The van der Waals surface area contributed by atoms with Crippen molar-refractivity contribution < 1.29 is 15.0 Å². The topological polar surface area (TPSA) is 113 Å². The highest BCUT2D eigenvalue weighted by molar-refractivity contribution is 7.99. The maximum Gasteiger partial charge on any atom is 0.250 e. The summed E-state index contributed by atoms with van der Waals surface area (Å²) in [5.41, 5.74) is 5.76. The van der Waals surface area contributed by atoms with E-state index in [0.29, 0.717) is 16.5 Å². The molecule has 0 aliphatic heterocycles. The van der Waals surface area contributed by atoms with E-state index in [-0.39, 0.29) is 23.2 Å². The Morgan fingerprint density at radius 3 is 2.55 bits per heavy atom. The van der Waals surface area contributed by atoms with Crippen molar-refractivity contribution in [3.05, 3.63) is 83.9 Å². The number of hydrazone groups is 1. The third-order valence-electron chi connectivity index (χ3n) is 4.70. The lowest BCUT2D eigenvalue weighted by Crippen LogP contribution is -2.20. The maximum absolute atomic E-state index is 12.3. The smallest absolute Gasteiger partial charge is 0.250 e. The first-order valence-corrected chi connectivity index (χ1v) is 11.0. The van der Waals surface area contributed by atoms with Gasteiger partial charge in [-0.1, -0.05) is 59.8 Å². The first-order valence-electron chi connectivity index (χ1n) is 10.1. The molecule has 1 heterocycles. The quantitative estimate of drug-likeness (QED) is 0.220. The van der Waals surface area contributed by atoms with Crippen LogP contribution in [0, 0.1) is 6.92 Å². The normalized spacial score (nSPS) is 11.1. The second-order valence-electron chi connectivity index (χ2n) is 7.17. The van der Waals surface area contributed by atoms with Crippen molar-refractivity contribution in [1.29, 1.82) is 0 Å². The molecule has 4 aromatic rings. The molecule has 0 saturated heterocycles. The SMILES string of the molecule is Cc1ccc(-c2nnc(SCC(=O)NN=Cc3ccc(O)cc3O)n2-c2ccccc2)cc1. The molecule has 0 unspecified atom stereocenters. The molecule has 8 nitrogen and oxygen atoms in total. The number of phenols is 2. The number of aromatic hydroxyl groups is 2. The van der Waals surface area contributed by atoms with Crippen LogP contribution < -0.4 is 5.43 Å². The number of aromatic nitrogens is 3. The van der Waals surface area contributed by atoms with Crippen LogP contribution in [0.15, 0.2) is 83.1 Å². The number of thioether (sulfide) groups is 1. The number of carbonyl (C=O) groups excluding carboxylic acids is 1. The Bertz CT molecular complexity index is 1290. The van der Waals surface area contributed by atoms with Crippen molar-refractivity contribution in [3.8, 4) is 28.6 Å². The number of phenolic OH excluding ortho intramolecular Hbond substituents is 2. The van der Waals surface area contributed by atoms with Gasteiger partial charge in [0.05, 0.1) is 12.0 Å². The molecule has 0 saturated carbocycles. The Balaban J connectivity index is 1.49. The van der Waals surface area contributed by atoms with E-state index in [1.807, 2.05) is 66.1 Å². The number of para-hydroxylation sites is 1. The number of amides is 1. The average molecular weight is 460 g/mol. The number of carbonyl (C=O) groups is 1. The van der Waals surface area contributed by atoms with Crippen LogP contribution in [-0.4, -0.2) is 42.9 Å². The van der Waals surface area contributed by atoms with E-state index in [1.165, 1.54) is 36.2 Å². The molecule has 3 N–H and O–H groups in total. The molecule has 0 spiro atoms. The van der Waals surface area contributed by atoms with Gasteiger partial charge < -0.3 is 10.2 Å². The van der Waals surface area contributed by atoms with Gasteiger partial charge in [0.2, 0.25) is 0 Å². The first kappa shape index (κ1) is 22.1. The van der Waals surface area contributed by atoms with E-state index in [0.717, 1.165) is 16.8 Å². The Hall–Kier alpha value is -4.11.